The Kier molecular flexibility index (Phi) is 3.86. The summed E-state index contributed by atoms with van der Waals surface area (Å²) in [6, 6.07) is 6.67. The Labute approximate surface area is 88.4 Å². The molecule has 0 fully saturated rings. The molecule has 1 rings (SSSR count). The molecule has 0 bridgehead atoms. The van der Waals surface area contributed by atoms with Crippen LogP contribution in [-0.2, 0) is 0 Å². The largest absolute Gasteiger partial charge is 0.497 e. The number of halogens is 4. The summed E-state index contributed by atoms with van der Waals surface area (Å²) in [6.45, 7) is -5.06. The average molecular weight is 268 g/mol. The summed E-state index contributed by atoms with van der Waals surface area (Å²) in [4.78, 5) is 0. The molecular formula is C8H8BBrF3O-. The lowest BCUT2D eigenvalue weighted by Crippen LogP contribution is -2.18. The van der Waals surface area contributed by atoms with Gasteiger partial charge in [-0.2, -0.15) is 0 Å². The second kappa shape index (κ2) is 4.73. The van der Waals surface area contributed by atoms with Crippen molar-refractivity contribution < 1.29 is 17.7 Å². The van der Waals surface area contributed by atoms with E-state index in [1.807, 2.05) is 0 Å². The molecule has 1 aromatic carbocycles. The zero-order valence-corrected chi connectivity index (χ0v) is 8.81. The Morgan fingerprint density at radius 2 is 1.71 bits per heavy atom. The third-order valence-corrected chi connectivity index (χ3v) is 2.06. The first kappa shape index (κ1) is 11.4. The summed E-state index contributed by atoms with van der Waals surface area (Å²) in [5.41, 5.74) is 0. The molecule has 0 unspecified atom stereocenters. The van der Waals surface area contributed by atoms with E-state index in [1.165, 1.54) is 0 Å². The van der Waals surface area contributed by atoms with Gasteiger partial charge in [0, 0.05) is 4.47 Å². The van der Waals surface area contributed by atoms with Gasteiger partial charge in [0.15, 0.2) is 0 Å². The lowest BCUT2D eigenvalue weighted by molar-refractivity contribution is 0.320. The molecule has 0 radical (unpaired) electrons. The topological polar surface area (TPSA) is 9.23 Å². The highest BCUT2D eigenvalue weighted by Crippen LogP contribution is 2.18. The fourth-order valence-electron chi connectivity index (χ4n) is 0.841. The van der Waals surface area contributed by atoms with Crippen molar-refractivity contribution in [2.45, 2.75) is 6.32 Å². The first-order chi connectivity index (χ1) is 6.47. The van der Waals surface area contributed by atoms with Gasteiger partial charge in [0.1, 0.15) is 5.75 Å². The minimum absolute atomic E-state index is 0.314. The van der Waals surface area contributed by atoms with Gasteiger partial charge in [-0.3, -0.25) is 0 Å². The van der Waals surface area contributed by atoms with Crippen molar-refractivity contribution in [3.8, 4) is 5.75 Å². The van der Waals surface area contributed by atoms with Crippen molar-refractivity contribution >= 4 is 22.9 Å². The Hall–Kier alpha value is -0.645. The molecule has 0 aliphatic carbocycles. The van der Waals surface area contributed by atoms with Gasteiger partial charge in [0.25, 0.3) is 0 Å². The number of benzene rings is 1. The fraction of sp³-hybridized carbons (Fsp3) is 0.250. The van der Waals surface area contributed by atoms with Crippen molar-refractivity contribution in [1.29, 1.82) is 0 Å². The van der Waals surface area contributed by atoms with Crippen LogP contribution in [0.1, 0.15) is 0 Å². The van der Waals surface area contributed by atoms with Gasteiger partial charge in [0.05, 0.1) is 6.61 Å². The first-order valence-electron chi connectivity index (χ1n) is 4.07. The molecular weight excluding hydrogens is 260 g/mol. The standard InChI is InChI=1S/C8H8BBrF3O/c10-7-1-3-8(4-2-7)14-6-5-9(11,12)13/h1-4H,5-6H2/q-1. The molecule has 0 N–H and O–H groups in total. The maximum atomic E-state index is 11.8. The van der Waals surface area contributed by atoms with E-state index in [4.69, 9.17) is 4.74 Å². The molecule has 14 heavy (non-hydrogen) atoms. The monoisotopic (exact) mass is 267 g/mol. The van der Waals surface area contributed by atoms with Gasteiger partial charge in [-0.25, -0.2) is 0 Å². The Balaban J connectivity index is 2.35. The van der Waals surface area contributed by atoms with Crippen molar-refractivity contribution in [2.75, 3.05) is 6.61 Å². The van der Waals surface area contributed by atoms with E-state index in [-0.39, 0.29) is 6.61 Å². The van der Waals surface area contributed by atoms with Crippen LogP contribution in [0.2, 0.25) is 6.32 Å². The summed E-state index contributed by atoms with van der Waals surface area (Å²) >= 11 is 3.21. The van der Waals surface area contributed by atoms with Gasteiger partial charge in [-0.1, -0.05) is 22.3 Å². The van der Waals surface area contributed by atoms with E-state index >= 15 is 0 Å². The molecule has 0 aliphatic heterocycles. The van der Waals surface area contributed by atoms with Crippen LogP contribution in [-0.4, -0.2) is 13.6 Å². The quantitative estimate of drug-likeness (QED) is 0.757. The molecule has 6 heteroatoms. The zero-order valence-electron chi connectivity index (χ0n) is 7.22. The van der Waals surface area contributed by atoms with Crippen molar-refractivity contribution in [3.05, 3.63) is 28.7 Å². The van der Waals surface area contributed by atoms with Gasteiger partial charge in [-0.15, -0.1) is 0 Å². The number of ether oxygens (including phenoxy) is 1. The first-order valence-corrected chi connectivity index (χ1v) is 4.86. The predicted molar refractivity (Wildman–Crippen MR) is 53.5 cm³/mol. The summed E-state index contributed by atoms with van der Waals surface area (Å²) < 4.78 is 41.2. The lowest BCUT2D eigenvalue weighted by atomic mass is 9.87. The van der Waals surface area contributed by atoms with Crippen molar-refractivity contribution in [2.24, 2.45) is 0 Å². The number of hydrogen-bond donors (Lipinski definition) is 0. The van der Waals surface area contributed by atoms with E-state index in [1.54, 1.807) is 24.3 Å². The van der Waals surface area contributed by atoms with Crippen LogP contribution >= 0.6 is 15.9 Å². The Bertz CT molecular complexity index is 286. The third kappa shape index (κ3) is 4.55. The van der Waals surface area contributed by atoms with Gasteiger partial charge in [-0.05, 0) is 24.3 Å². The van der Waals surface area contributed by atoms with Gasteiger partial charge < -0.3 is 17.7 Å². The molecule has 1 nitrogen and oxygen atoms in total. The minimum atomic E-state index is -4.74. The van der Waals surface area contributed by atoms with Crippen LogP contribution in [0.4, 0.5) is 12.9 Å². The van der Waals surface area contributed by atoms with E-state index in [2.05, 4.69) is 15.9 Å². The maximum Gasteiger partial charge on any atom is 0.481 e. The van der Waals surface area contributed by atoms with E-state index in [0.717, 1.165) is 4.47 Å². The lowest BCUT2D eigenvalue weighted by Gasteiger charge is -2.13. The zero-order chi connectivity index (χ0) is 10.6. The Morgan fingerprint density at radius 3 is 2.21 bits per heavy atom. The number of rotatable bonds is 4. The molecule has 0 aliphatic rings. The van der Waals surface area contributed by atoms with E-state index in [9.17, 15) is 12.9 Å². The highest BCUT2D eigenvalue weighted by Gasteiger charge is 2.22. The normalized spacial score (nSPS) is 11.4. The molecule has 0 amide bonds. The van der Waals surface area contributed by atoms with E-state index < -0.39 is 13.3 Å². The maximum absolute atomic E-state index is 11.8. The second-order valence-electron chi connectivity index (χ2n) is 2.80. The molecule has 0 heterocycles. The fourth-order valence-corrected chi connectivity index (χ4v) is 1.11. The van der Waals surface area contributed by atoms with Gasteiger partial charge >= 0.3 is 6.98 Å². The summed E-state index contributed by atoms with van der Waals surface area (Å²) in [6.07, 6.45) is -0.865. The molecule has 0 saturated heterocycles. The highest BCUT2D eigenvalue weighted by atomic mass is 79.9. The highest BCUT2D eigenvalue weighted by molar-refractivity contribution is 9.10. The van der Waals surface area contributed by atoms with Crippen LogP contribution < -0.4 is 4.74 Å². The predicted octanol–water partition coefficient (Wildman–Crippen LogP) is 3.68. The van der Waals surface area contributed by atoms with Crippen LogP contribution in [0.25, 0.3) is 0 Å². The minimum Gasteiger partial charge on any atom is -0.497 e. The second-order valence-corrected chi connectivity index (χ2v) is 3.72. The van der Waals surface area contributed by atoms with Crippen LogP contribution in [0.15, 0.2) is 28.7 Å². The van der Waals surface area contributed by atoms with Crippen molar-refractivity contribution in [3.63, 3.8) is 0 Å². The number of hydrogen-bond acceptors (Lipinski definition) is 1. The summed E-state index contributed by atoms with van der Waals surface area (Å²) in [5.74, 6) is 0.452. The molecule has 1 aromatic rings. The molecule has 0 atom stereocenters. The molecule has 78 valence electrons. The van der Waals surface area contributed by atoms with E-state index in [0.29, 0.717) is 5.75 Å². The molecule has 0 aromatic heterocycles. The Morgan fingerprint density at radius 1 is 1.14 bits per heavy atom. The SMILES string of the molecule is F[B-](F)(F)CCOc1ccc(Br)cc1. The summed E-state index contributed by atoms with van der Waals surface area (Å²) in [7, 11) is 0. The third-order valence-electron chi connectivity index (χ3n) is 1.53. The van der Waals surface area contributed by atoms with Crippen LogP contribution in [0.5, 0.6) is 5.75 Å². The average Bonchev–Trinajstić information content (AvgIpc) is 2.06. The van der Waals surface area contributed by atoms with Crippen molar-refractivity contribution in [1.82, 2.24) is 0 Å². The summed E-state index contributed by atoms with van der Waals surface area (Å²) in [5, 5.41) is 0. The smallest absolute Gasteiger partial charge is 0.481 e. The molecule has 0 spiro atoms. The van der Waals surface area contributed by atoms with Gasteiger partial charge in [0.2, 0.25) is 0 Å². The molecule has 0 saturated carbocycles. The van der Waals surface area contributed by atoms with Crippen LogP contribution in [0.3, 0.4) is 0 Å². The van der Waals surface area contributed by atoms with Crippen LogP contribution in [0, 0.1) is 0 Å².